The van der Waals surface area contributed by atoms with Crippen LogP contribution >= 0.6 is 0 Å². The maximum Gasteiger partial charge on any atom is 0.407 e. The molecule has 35 heavy (non-hydrogen) atoms. The molecule has 1 saturated heterocycles. The molecule has 2 fully saturated rings. The number of benzene rings is 2. The number of likely N-dealkylation sites (tertiary alicyclic amines) is 1. The number of aliphatic carboxylic acids is 1. The Morgan fingerprint density at radius 1 is 0.914 bits per heavy atom. The van der Waals surface area contributed by atoms with E-state index in [-0.39, 0.29) is 36.9 Å². The van der Waals surface area contributed by atoms with Gasteiger partial charge in [-0.15, -0.1) is 0 Å². The summed E-state index contributed by atoms with van der Waals surface area (Å²) in [5.74, 6) is -1.75. The highest BCUT2D eigenvalue weighted by molar-refractivity contribution is 5.82. The van der Waals surface area contributed by atoms with Gasteiger partial charge in [-0.25, -0.2) is 4.79 Å². The van der Waals surface area contributed by atoms with Crippen molar-refractivity contribution in [1.29, 1.82) is 0 Å². The second-order valence-corrected chi connectivity index (χ2v) is 9.93. The quantitative estimate of drug-likeness (QED) is 0.624. The highest BCUT2D eigenvalue weighted by Crippen LogP contribution is 2.44. The first-order chi connectivity index (χ1) is 17.0. The minimum atomic E-state index is -0.852. The van der Waals surface area contributed by atoms with E-state index >= 15 is 0 Å². The van der Waals surface area contributed by atoms with Crippen LogP contribution in [0.15, 0.2) is 48.5 Å². The maximum absolute atomic E-state index is 13.3. The molecule has 0 radical (unpaired) electrons. The molecule has 184 valence electrons. The topological polar surface area (TPSA) is 95.9 Å². The van der Waals surface area contributed by atoms with Gasteiger partial charge in [0.2, 0.25) is 5.91 Å². The molecule has 2 N–H and O–H groups in total. The lowest BCUT2D eigenvalue weighted by Crippen LogP contribution is -2.47. The SMILES string of the molecule is O=C(NC1CCCCCC1C(=O)N1CCC(C(=O)O)C1)OCC1c2ccccc2-c2ccccc21. The van der Waals surface area contributed by atoms with Gasteiger partial charge in [-0.2, -0.15) is 0 Å². The summed E-state index contributed by atoms with van der Waals surface area (Å²) in [4.78, 5) is 39.2. The summed E-state index contributed by atoms with van der Waals surface area (Å²) >= 11 is 0. The van der Waals surface area contributed by atoms with Gasteiger partial charge in [-0.1, -0.05) is 67.8 Å². The van der Waals surface area contributed by atoms with Crippen LogP contribution < -0.4 is 5.32 Å². The van der Waals surface area contributed by atoms with E-state index in [9.17, 15) is 19.5 Å². The number of hydrogen-bond donors (Lipinski definition) is 2. The number of carbonyl (C=O) groups is 3. The molecular formula is C28H32N2O5. The van der Waals surface area contributed by atoms with Crippen LogP contribution in [-0.2, 0) is 14.3 Å². The van der Waals surface area contributed by atoms with E-state index < -0.39 is 18.0 Å². The second kappa shape index (κ2) is 10.1. The molecular weight excluding hydrogens is 444 g/mol. The molecule has 2 amide bonds. The smallest absolute Gasteiger partial charge is 0.407 e. The number of carboxylic acids is 1. The van der Waals surface area contributed by atoms with Gasteiger partial charge in [-0.3, -0.25) is 9.59 Å². The van der Waals surface area contributed by atoms with E-state index in [1.54, 1.807) is 4.90 Å². The van der Waals surface area contributed by atoms with Crippen molar-refractivity contribution in [2.24, 2.45) is 11.8 Å². The minimum absolute atomic E-state index is 0.0164. The van der Waals surface area contributed by atoms with Gasteiger partial charge in [-0.05, 0) is 41.5 Å². The molecule has 1 aliphatic heterocycles. The molecule has 7 heteroatoms. The number of carbonyl (C=O) groups excluding carboxylic acids is 2. The Kier molecular flexibility index (Phi) is 6.75. The fourth-order valence-electron chi connectivity index (χ4n) is 5.96. The zero-order valence-electron chi connectivity index (χ0n) is 19.8. The van der Waals surface area contributed by atoms with Crippen molar-refractivity contribution in [3.8, 4) is 11.1 Å². The first-order valence-corrected chi connectivity index (χ1v) is 12.7. The summed E-state index contributed by atoms with van der Waals surface area (Å²) in [6.07, 6.45) is 4.29. The molecule has 2 aliphatic carbocycles. The summed E-state index contributed by atoms with van der Waals surface area (Å²) in [7, 11) is 0. The minimum Gasteiger partial charge on any atom is -0.481 e. The van der Waals surface area contributed by atoms with E-state index in [0.29, 0.717) is 19.4 Å². The summed E-state index contributed by atoms with van der Waals surface area (Å²) in [6.45, 7) is 0.948. The van der Waals surface area contributed by atoms with Crippen LogP contribution in [0.5, 0.6) is 0 Å². The number of nitrogens with zero attached hydrogens (tertiary/aromatic N) is 1. The van der Waals surface area contributed by atoms with Gasteiger partial charge in [0.15, 0.2) is 0 Å². The lowest BCUT2D eigenvalue weighted by atomic mass is 9.93. The molecule has 3 aliphatic rings. The molecule has 7 nitrogen and oxygen atoms in total. The van der Waals surface area contributed by atoms with E-state index in [4.69, 9.17) is 4.74 Å². The Balaban J connectivity index is 1.24. The van der Waals surface area contributed by atoms with Crippen LogP contribution in [0.4, 0.5) is 4.79 Å². The predicted octanol–water partition coefficient (Wildman–Crippen LogP) is 4.41. The molecule has 3 atom stereocenters. The lowest BCUT2D eigenvalue weighted by molar-refractivity contribution is -0.141. The van der Waals surface area contributed by atoms with Gasteiger partial charge in [0.25, 0.3) is 0 Å². The third-order valence-corrected chi connectivity index (χ3v) is 7.83. The Morgan fingerprint density at radius 3 is 2.23 bits per heavy atom. The molecule has 0 aromatic heterocycles. The number of rotatable bonds is 5. The summed E-state index contributed by atoms with van der Waals surface area (Å²) in [5, 5.41) is 12.3. The molecule has 0 spiro atoms. The van der Waals surface area contributed by atoms with Crippen molar-refractivity contribution in [2.45, 2.75) is 50.5 Å². The summed E-state index contributed by atoms with van der Waals surface area (Å²) in [6, 6.07) is 16.1. The van der Waals surface area contributed by atoms with Crippen LogP contribution in [-0.4, -0.2) is 53.7 Å². The average molecular weight is 477 g/mol. The first-order valence-electron chi connectivity index (χ1n) is 12.7. The van der Waals surface area contributed by atoms with Crippen LogP contribution in [0.2, 0.25) is 0 Å². The zero-order chi connectivity index (χ0) is 24.4. The first kappa shape index (κ1) is 23.4. The van der Waals surface area contributed by atoms with Crippen molar-refractivity contribution < 1.29 is 24.2 Å². The lowest BCUT2D eigenvalue weighted by Gasteiger charge is -2.29. The Labute approximate surface area is 205 Å². The van der Waals surface area contributed by atoms with Gasteiger partial charge in [0, 0.05) is 25.0 Å². The second-order valence-electron chi connectivity index (χ2n) is 9.93. The normalized spacial score (nSPS) is 23.8. The van der Waals surface area contributed by atoms with E-state index in [1.165, 1.54) is 11.1 Å². The Morgan fingerprint density at radius 2 is 1.57 bits per heavy atom. The largest absolute Gasteiger partial charge is 0.481 e. The van der Waals surface area contributed by atoms with Crippen LogP contribution in [0.25, 0.3) is 11.1 Å². The van der Waals surface area contributed by atoms with Crippen molar-refractivity contribution in [3.05, 3.63) is 59.7 Å². The van der Waals surface area contributed by atoms with Gasteiger partial charge >= 0.3 is 12.1 Å². The van der Waals surface area contributed by atoms with Crippen LogP contribution in [0.1, 0.15) is 55.6 Å². The summed E-state index contributed by atoms with van der Waals surface area (Å²) in [5.41, 5.74) is 4.67. The molecule has 1 heterocycles. The molecule has 1 saturated carbocycles. The Hall–Kier alpha value is -3.35. The molecule has 2 aromatic carbocycles. The van der Waals surface area contributed by atoms with Crippen LogP contribution in [0.3, 0.4) is 0 Å². The Bertz CT molecular complexity index is 1070. The van der Waals surface area contributed by atoms with Crippen molar-refractivity contribution in [2.75, 3.05) is 19.7 Å². The summed E-state index contributed by atoms with van der Waals surface area (Å²) < 4.78 is 5.73. The molecule has 0 bridgehead atoms. The fourth-order valence-corrected chi connectivity index (χ4v) is 5.96. The monoisotopic (exact) mass is 476 g/mol. The third kappa shape index (κ3) is 4.77. The van der Waals surface area contributed by atoms with Gasteiger partial charge < -0.3 is 20.1 Å². The number of ether oxygens (including phenoxy) is 1. The zero-order valence-corrected chi connectivity index (χ0v) is 19.8. The van der Waals surface area contributed by atoms with Gasteiger partial charge in [0.05, 0.1) is 11.8 Å². The van der Waals surface area contributed by atoms with Crippen LogP contribution in [0, 0.1) is 11.8 Å². The van der Waals surface area contributed by atoms with Crippen molar-refractivity contribution in [1.82, 2.24) is 10.2 Å². The number of nitrogens with one attached hydrogen (secondary N) is 1. The number of alkyl carbamates (subject to hydrolysis) is 1. The van der Waals surface area contributed by atoms with E-state index in [0.717, 1.165) is 36.8 Å². The predicted molar refractivity (Wildman–Crippen MR) is 131 cm³/mol. The van der Waals surface area contributed by atoms with Crippen molar-refractivity contribution in [3.63, 3.8) is 0 Å². The average Bonchev–Trinajstić information content (AvgIpc) is 3.41. The van der Waals surface area contributed by atoms with E-state index in [2.05, 4.69) is 29.6 Å². The number of fused-ring (bicyclic) bond motifs is 3. The fraction of sp³-hybridized carbons (Fsp3) is 0.464. The molecule has 5 rings (SSSR count). The number of carboxylic acid groups (broad SMARTS) is 1. The highest BCUT2D eigenvalue weighted by Gasteiger charge is 2.38. The molecule has 2 aromatic rings. The molecule has 3 unspecified atom stereocenters. The highest BCUT2D eigenvalue weighted by atomic mass is 16.5. The third-order valence-electron chi connectivity index (χ3n) is 7.83. The van der Waals surface area contributed by atoms with Crippen molar-refractivity contribution >= 4 is 18.0 Å². The number of amides is 2. The number of hydrogen-bond acceptors (Lipinski definition) is 4. The maximum atomic E-state index is 13.3. The standard InChI is InChI=1S/C28H32N2O5/c31-26(30-15-14-18(16-30)27(32)33)23-12-2-1-3-13-25(23)29-28(34)35-17-24-21-10-6-4-8-19(21)20-9-5-7-11-22(20)24/h4-11,18,23-25H,1-3,12-17H2,(H,29,34)(H,32,33). The van der Waals surface area contributed by atoms with E-state index in [1.807, 2.05) is 24.3 Å². The van der Waals surface area contributed by atoms with Gasteiger partial charge in [0.1, 0.15) is 6.61 Å².